The zero-order valence-corrected chi connectivity index (χ0v) is 17.3. The second-order valence-electron chi connectivity index (χ2n) is 6.36. The fraction of sp³-hybridized carbons (Fsp3) is 0.364. The number of carbonyl (C=O) groups excluding carboxylic acids is 1. The van der Waals surface area contributed by atoms with Crippen molar-refractivity contribution in [1.29, 1.82) is 0 Å². The Balaban J connectivity index is 1.85. The van der Waals surface area contributed by atoms with Gasteiger partial charge < -0.3 is 14.8 Å². The largest absolute Gasteiger partial charge is 0.494 e. The van der Waals surface area contributed by atoms with Gasteiger partial charge in [0.05, 0.1) is 13.2 Å². The Labute approximate surface area is 172 Å². The van der Waals surface area contributed by atoms with E-state index in [1.54, 1.807) is 18.2 Å². The molecule has 28 heavy (non-hydrogen) atoms. The first-order valence-corrected chi connectivity index (χ1v) is 10.1. The van der Waals surface area contributed by atoms with Crippen molar-refractivity contribution in [3.8, 4) is 11.5 Å². The van der Waals surface area contributed by atoms with E-state index >= 15 is 0 Å². The van der Waals surface area contributed by atoms with Crippen molar-refractivity contribution in [2.75, 3.05) is 18.5 Å². The van der Waals surface area contributed by atoms with Crippen LogP contribution >= 0.6 is 12.2 Å². The highest BCUT2D eigenvalue weighted by Gasteiger charge is 2.09. The van der Waals surface area contributed by atoms with Gasteiger partial charge in [-0.25, -0.2) is 0 Å². The van der Waals surface area contributed by atoms with E-state index in [-0.39, 0.29) is 11.0 Å². The second kappa shape index (κ2) is 12.0. The fourth-order valence-electron chi connectivity index (χ4n) is 2.37. The van der Waals surface area contributed by atoms with Crippen molar-refractivity contribution in [3.63, 3.8) is 0 Å². The molecular formula is C22H28N2O3S. The lowest BCUT2D eigenvalue weighted by atomic mass is 10.2. The van der Waals surface area contributed by atoms with Crippen LogP contribution in [0, 0.1) is 0 Å². The third-order valence-electron chi connectivity index (χ3n) is 3.97. The molecule has 0 heterocycles. The summed E-state index contributed by atoms with van der Waals surface area (Å²) in [5.41, 5.74) is 1.28. The maximum atomic E-state index is 12.4. The monoisotopic (exact) mass is 400 g/mol. The SMILES string of the molecule is CCCCOc1ccc(NC(=S)NC(=O)c2cccc(OCCCC)c2)cc1. The van der Waals surface area contributed by atoms with Gasteiger partial charge in [-0.3, -0.25) is 10.1 Å². The average molecular weight is 401 g/mol. The first-order chi connectivity index (χ1) is 13.6. The van der Waals surface area contributed by atoms with Gasteiger partial charge in [-0.05, 0) is 67.5 Å². The Bertz CT molecular complexity index is 763. The number of anilines is 1. The summed E-state index contributed by atoms with van der Waals surface area (Å²) in [7, 11) is 0. The van der Waals surface area contributed by atoms with Crippen molar-refractivity contribution in [2.24, 2.45) is 0 Å². The quantitative estimate of drug-likeness (QED) is 0.425. The predicted octanol–water partition coefficient (Wildman–Crippen LogP) is 5.17. The average Bonchev–Trinajstić information content (AvgIpc) is 2.70. The van der Waals surface area contributed by atoms with E-state index in [2.05, 4.69) is 24.5 Å². The van der Waals surface area contributed by atoms with Gasteiger partial charge in [0.2, 0.25) is 0 Å². The minimum Gasteiger partial charge on any atom is -0.494 e. The number of hydrogen-bond acceptors (Lipinski definition) is 4. The van der Waals surface area contributed by atoms with Gasteiger partial charge in [-0.1, -0.05) is 32.8 Å². The fourth-order valence-corrected chi connectivity index (χ4v) is 2.58. The summed E-state index contributed by atoms with van der Waals surface area (Å²) in [6.07, 6.45) is 4.17. The molecule has 2 aromatic rings. The standard InChI is InChI=1S/C22H28N2O3S/c1-3-5-14-26-19-12-10-18(11-13-19)23-22(28)24-21(25)17-8-7-9-20(16-17)27-15-6-4-2/h7-13,16H,3-6,14-15H2,1-2H3,(H2,23,24,25,28). The van der Waals surface area contributed by atoms with Crippen molar-refractivity contribution in [2.45, 2.75) is 39.5 Å². The summed E-state index contributed by atoms with van der Waals surface area (Å²) < 4.78 is 11.3. The summed E-state index contributed by atoms with van der Waals surface area (Å²) in [5.74, 6) is 1.21. The van der Waals surface area contributed by atoms with E-state index < -0.39 is 0 Å². The van der Waals surface area contributed by atoms with Gasteiger partial charge in [0.1, 0.15) is 11.5 Å². The summed E-state index contributed by atoms with van der Waals surface area (Å²) in [4.78, 5) is 12.4. The van der Waals surface area contributed by atoms with Crippen LogP contribution in [0.3, 0.4) is 0 Å². The molecule has 2 N–H and O–H groups in total. The van der Waals surface area contributed by atoms with Crippen molar-refractivity contribution >= 4 is 28.9 Å². The molecule has 0 atom stereocenters. The molecule has 0 spiro atoms. The van der Waals surface area contributed by atoms with Gasteiger partial charge >= 0.3 is 0 Å². The summed E-state index contributed by atoms with van der Waals surface area (Å²) >= 11 is 5.24. The van der Waals surface area contributed by atoms with Crippen LogP contribution in [-0.4, -0.2) is 24.2 Å². The minimum absolute atomic E-state index is 0.238. The first-order valence-electron chi connectivity index (χ1n) is 9.70. The number of hydrogen-bond donors (Lipinski definition) is 2. The predicted molar refractivity (Wildman–Crippen MR) is 117 cm³/mol. The number of thiocarbonyl (C=S) groups is 1. The summed E-state index contributed by atoms with van der Waals surface area (Å²) in [6, 6.07) is 14.6. The van der Waals surface area contributed by atoms with Gasteiger partial charge in [0.15, 0.2) is 5.11 Å². The molecule has 6 heteroatoms. The third-order valence-corrected chi connectivity index (χ3v) is 4.17. The van der Waals surface area contributed by atoms with E-state index in [1.165, 1.54) is 0 Å². The molecule has 0 saturated carbocycles. The van der Waals surface area contributed by atoms with Crippen LogP contribution in [-0.2, 0) is 0 Å². The highest BCUT2D eigenvalue weighted by Crippen LogP contribution is 2.17. The van der Waals surface area contributed by atoms with Crippen LogP contribution in [0.25, 0.3) is 0 Å². The molecule has 0 bridgehead atoms. The zero-order chi connectivity index (χ0) is 20.2. The lowest BCUT2D eigenvalue weighted by molar-refractivity contribution is 0.0977. The number of benzene rings is 2. The number of carbonyl (C=O) groups is 1. The van der Waals surface area contributed by atoms with E-state index in [4.69, 9.17) is 21.7 Å². The molecule has 0 aromatic heterocycles. The molecule has 0 aliphatic heterocycles. The second-order valence-corrected chi connectivity index (χ2v) is 6.77. The molecule has 0 unspecified atom stereocenters. The molecule has 0 aliphatic carbocycles. The lowest BCUT2D eigenvalue weighted by Crippen LogP contribution is -2.34. The Kier molecular flexibility index (Phi) is 9.28. The number of rotatable bonds is 10. The maximum absolute atomic E-state index is 12.4. The normalized spacial score (nSPS) is 10.2. The topological polar surface area (TPSA) is 59.6 Å². The molecule has 0 radical (unpaired) electrons. The first kappa shape index (κ1) is 21.7. The lowest BCUT2D eigenvalue weighted by Gasteiger charge is -2.11. The number of unbranched alkanes of at least 4 members (excludes halogenated alkanes) is 2. The highest BCUT2D eigenvalue weighted by molar-refractivity contribution is 7.80. The van der Waals surface area contributed by atoms with Crippen LogP contribution in [0.1, 0.15) is 49.9 Å². The highest BCUT2D eigenvalue weighted by atomic mass is 32.1. The Morgan fingerprint density at radius 1 is 0.929 bits per heavy atom. The van der Waals surface area contributed by atoms with Gasteiger partial charge in [0, 0.05) is 11.3 Å². The number of nitrogens with one attached hydrogen (secondary N) is 2. The van der Waals surface area contributed by atoms with Gasteiger partial charge in [-0.2, -0.15) is 0 Å². The molecule has 0 aliphatic rings. The van der Waals surface area contributed by atoms with E-state index in [9.17, 15) is 4.79 Å². The Hall–Kier alpha value is -2.60. The van der Waals surface area contributed by atoms with E-state index in [0.717, 1.165) is 37.1 Å². The Morgan fingerprint density at radius 3 is 2.21 bits per heavy atom. The molecule has 2 aromatic carbocycles. The van der Waals surface area contributed by atoms with Crippen molar-refractivity contribution in [3.05, 3.63) is 54.1 Å². The molecule has 150 valence electrons. The van der Waals surface area contributed by atoms with Crippen LogP contribution in [0.4, 0.5) is 5.69 Å². The van der Waals surface area contributed by atoms with Crippen LogP contribution < -0.4 is 20.1 Å². The maximum Gasteiger partial charge on any atom is 0.257 e. The van der Waals surface area contributed by atoms with Crippen LogP contribution in [0.5, 0.6) is 11.5 Å². The van der Waals surface area contributed by atoms with E-state index in [1.807, 2.05) is 30.3 Å². The molecule has 0 saturated heterocycles. The molecule has 5 nitrogen and oxygen atoms in total. The Morgan fingerprint density at radius 2 is 1.57 bits per heavy atom. The summed E-state index contributed by atoms with van der Waals surface area (Å²) in [5, 5.41) is 5.93. The third kappa shape index (κ3) is 7.56. The minimum atomic E-state index is -0.280. The molecular weight excluding hydrogens is 372 g/mol. The van der Waals surface area contributed by atoms with Crippen molar-refractivity contribution in [1.82, 2.24) is 5.32 Å². The smallest absolute Gasteiger partial charge is 0.257 e. The number of amides is 1. The van der Waals surface area contributed by atoms with E-state index in [0.29, 0.717) is 24.5 Å². The van der Waals surface area contributed by atoms with Gasteiger partial charge in [-0.15, -0.1) is 0 Å². The molecule has 1 amide bonds. The van der Waals surface area contributed by atoms with Crippen LogP contribution in [0.2, 0.25) is 0 Å². The molecule has 0 fully saturated rings. The van der Waals surface area contributed by atoms with Crippen LogP contribution in [0.15, 0.2) is 48.5 Å². The molecule has 2 rings (SSSR count). The van der Waals surface area contributed by atoms with Gasteiger partial charge in [0.25, 0.3) is 5.91 Å². The zero-order valence-electron chi connectivity index (χ0n) is 16.5. The number of ether oxygens (including phenoxy) is 2. The van der Waals surface area contributed by atoms with Crippen molar-refractivity contribution < 1.29 is 14.3 Å². The summed E-state index contributed by atoms with van der Waals surface area (Å²) in [6.45, 7) is 5.58.